The van der Waals surface area contributed by atoms with E-state index in [-0.39, 0.29) is 12.5 Å². The van der Waals surface area contributed by atoms with Gasteiger partial charge in [0.25, 0.3) is 5.91 Å². The largest absolute Gasteiger partial charge is 0.484 e. The number of amides is 1. The molecule has 0 atom stereocenters. The number of carbonyl (C=O) groups excluding carboxylic acids is 1. The molecule has 0 bridgehead atoms. The summed E-state index contributed by atoms with van der Waals surface area (Å²) in [6.45, 7) is 1.93. The summed E-state index contributed by atoms with van der Waals surface area (Å²) in [7, 11) is 0. The summed E-state index contributed by atoms with van der Waals surface area (Å²) in [5, 5.41) is 3.18. The highest BCUT2D eigenvalue weighted by Crippen LogP contribution is 2.25. The monoisotopic (exact) mass is 353 g/mol. The highest BCUT2D eigenvalue weighted by Gasteiger charge is 2.07. The quantitative estimate of drug-likeness (QED) is 0.882. The fraction of sp³-hybridized carbons (Fsp3) is 0.133. The van der Waals surface area contributed by atoms with E-state index in [1.54, 1.807) is 12.1 Å². The fourth-order valence-electron chi connectivity index (χ4n) is 1.56. The summed E-state index contributed by atoms with van der Waals surface area (Å²) in [5.74, 6) is 0.405. The van der Waals surface area contributed by atoms with Gasteiger partial charge in [0, 0.05) is 4.47 Å². The third-order valence-corrected chi connectivity index (χ3v) is 3.40. The third-order valence-electron chi connectivity index (χ3n) is 2.60. The molecule has 20 heavy (non-hydrogen) atoms. The van der Waals surface area contributed by atoms with Gasteiger partial charge in [-0.2, -0.15) is 0 Å². The third kappa shape index (κ3) is 4.25. The topological polar surface area (TPSA) is 38.3 Å². The number of rotatable bonds is 4. The molecule has 0 saturated heterocycles. The minimum atomic E-state index is -0.255. The number of hydrogen-bond donors (Lipinski definition) is 1. The van der Waals surface area contributed by atoms with Crippen LogP contribution in [0.25, 0.3) is 0 Å². The first kappa shape index (κ1) is 14.9. The fourth-order valence-corrected chi connectivity index (χ4v) is 2.28. The SMILES string of the molecule is Cc1ccc(OCC(=O)Nc2ccc(Br)cc2Cl)cc1. The summed E-state index contributed by atoms with van der Waals surface area (Å²) in [6, 6.07) is 12.8. The molecular formula is C15H13BrClNO2. The summed E-state index contributed by atoms with van der Waals surface area (Å²) in [6.07, 6.45) is 0. The van der Waals surface area contributed by atoms with Crippen LogP contribution in [0.3, 0.4) is 0 Å². The maximum absolute atomic E-state index is 11.8. The van der Waals surface area contributed by atoms with Crippen molar-refractivity contribution in [2.24, 2.45) is 0 Å². The zero-order chi connectivity index (χ0) is 14.5. The van der Waals surface area contributed by atoms with Crippen LogP contribution in [0, 0.1) is 6.92 Å². The van der Waals surface area contributed by atoms with Crippen LogP contribution in [0.4, 0.5) is 5.69 Å². The average molecular weight is 355 g/mol. The van der Waals surface area contributed by atoms with Crippen LogP contribution >= 0.6 is 27.5 Å². The number of halogens is 2. The molecule has 0 unspecified atom stereocenters. The molecule has 3 nitrogen and oxygen atoms in total. The van der Waals surface area contributed by atoms with Crippen LogP contribution < -0.4 is 10.1 Å². The molecule has 104 valence electrons. The first-order valence-corrected chi connectivity index (χ1v) is 7.16. The van der Waals surface area contributed by atoms with Gasteiger partial charge in [-0.25, -0.2) is 0 Å². The van der Waals surface area contributed by atoms with Crippen molar-refractivity contribution in [1.29, 1.82) is 0 Å². The molecular weight excluding hydrogens is 342 g/mol. The van der Waals surface area contributed by atoms with Gasteiger partial charge < -0.3 is 10.1 Å². The van der Waals surface area contributed by atoms with Crippen molar-refractivity contribution >= 4 is 39.1 Å². The Morgan fingerprint density at radius 2 is 1.95 bits per heavy atom. The summed E-state index contributed by atoms with van der Waals surface area (Å²) >= 11 is 9.33. The van der Waals surface area contributed by atoms with E-state index in [9.17, 15) is 4.79 Å². The molecule has 1 amide bonds. The molecule has 0 aliphatic heterocycles. The summed E-state index contributed by atoms with van der Waals surface area (Å²) in [4.78, 5) is 11.8. The van der Waals surface area contributed by atoms with Crippen molar-refractivity contribution in [3.05, 3.63) is 57.5 Å². The summed E-state index contributed by atoms with van der Waals surface area (Å²) < 4.78 is 6.25. The molecule has 0 aliphatic carbocycles. The molecule has 0 spiro atoms. The van der Waals surface area contributed by atoms with Crippen molar-refractivity contribution in [3.63, 3.8) is 0 Å². The predicted octanol–water partition coefficient (Wildman–Crippen LogP) is 4.43. The number of ether oxygens (including phenoxy) is 1. The zero-order valence-corrected chi connectivity index (χ0v) is 13.2. The van der Waals surface area contributed by atoms with Gasteiger partial charge in [0.15, 0.2) is 6.61 Å². The van der Waals surface area contributed by atoms with Gasteiger partial charge >= 0.3 is 0 Å². The Balaban J connectivity index is 1.90. The van der Waals surface area contributed by atoms with E-state index in [2.05, 4.69) is 21.2 Å². The van der Waals surface area contributed by atoms with E-state index in [4.69, 9.17) is 16.3 Å². The Hall–Kier alpha value is -1.52. The standard InChI is InChI=1S/C15H13BrClNO2/c1-10-2-5-12(6-3-10)20-9-15(19)18-14-7-4-11(16)8-13(14)17/h2-8H,9H2,1H3,(H,18,19). The van der Waals surface area contributed by atoms with E-state index in [1.807, 2.05) is 37.3 Å². The second-order valence-corrected chi connectivity index (χ2v) is 5.60. The molecule has 2 aromatic rings. The predicted molar refractivity (Wildman–Crippen MR) is 84.5 cm³/mol. The van der Waals surface area contributed by atoms with Gasteiger partial charge in [0.2, 0.25) is 0 Å². The lowest BCUT2D eigenvalue weighted by Crippen LogP contribution is -2.20. The van der Waals surface area contributed by atoms with Crippen molar-refractivity contribution in [1.82, 2.24) is 0 Å². The Morgan fingerprint density at radius 1 is 1.25 bits per heavy atom. The number of anilines is 1. The maximum Gasteiger partial charge on any atom is 0.262 e. The Labute approximate surface area is 131 Å². The first-order chi connectivity index (χ1) is 9.54. The summed E-state index contributed by atoms with van der Waals surface area (Å²) in [5.41, 5.74) is 1.70. The van der Waals surface area contributed by atoms with Gasteiger partial charge in [-0.15, -0.1) is 0 Å². The van der Waals surface area contributed by atoms with Crippen LogP contribution in [-0.4, -0.2) is 12.5 Å². The lowest BCUT2D eigenvalue weighted by Gasteiger charge is -2.09. The number of hydrogen-bond acceptors (Lipinski definition) is 2. The average Bonchev–Trinajstić information content (AvgIpc) is 2.41. The van der Waals surface area contributed by atoms with Crippen molar-refractivity contribution in [2.75, 3.05) is 11.9 Å². The molecule has 0 saturated carbocycles. The molecule has 0 fully saturated rings. The van der Waals surface area contributed by atoms with Crippen LogP contribution in [0.5, 0.6) is 5.75 Å². The van der Waals surface area contributed by atoms with Gasteiger partial charge in [-0.3, -0.25) is 4.79 Å². The van der Waals surface area contributed by atoms with Crippen LogP contribution in [0.1, 0.15) is 5.56 Å². The second kappa shape index (κ2) is 6.77. The van der Waals surface area contributed by atoms with Crippen LogP contribution in [0.2, 0.25) is 5.02 Å². The minimum absolute atomic E-state index is 0.0601. The van der Waals surface area contributed by atoms with E-state index < -0.39 is 0 Å². The Kier molecular flexibility index (Phi) is 5.04. The lowest BCUT2D eigenvalue weighted by molar-refractivity contribution is -0.118. The second-order valence-electron chi connectivity index (χ2n) is 4.27. The molecule has 0 heterocycles. The van der Waals surface area contributed by atoms with Crippen LogP contribution in [-0.2, 0) is 4.79 Å². The van der Waals surface area contributed by atoms with Gasteiger partial charge in [0.1, 0.15) is 5.75 Å². The Morgan fingerprint density at radius 3 is 2.60 bits per heavy atom. The highest BCUT2D eigenvalue weighted by atomic mass is 79.9. The first-order valence-electron chi connectivity index (χ1n) is 5.99. The van der Waals surface area contributed by atoms with Crippen molar-refractivity contribution in [2.45, 2.75) is 6.92 Å². The van der Waals surface area contributed by atoms with Crippen LogP contribution in [0.15, 0.2) is 46.9 Å². The molecule has 1 N–H and O–H groups in total. The van der Waals surface area contributed by atoms with Crippen molar-refractivity contribution < 1.29 is 9.53 Å². The minimum Gasteiger partial charge on any atom is -0.484 e. The van der Waals surface area contributed by atoms with Gasteiger partial charge in [-0.05, 0) is 37.3 Å². The number of aryl methyl sites for hydroxylation is 1. The zero-order valence-electron chi connectivity index (χ0n) is 10.8. The molecule has 2 rings (SSSR count). The molecule has 0 aromatic heterocycles. The molecule has 5 heteroatoms. The number of nitrogens with one attached hydrogen (secondary N) is 1. The highest BCUT2D eigenvalue weighted by molar-refractivity contribution is 9.10. The van der Waals surface area contributed by atoms with Gasteiger partial charge in [0.05, 0.1) is 10.7 Å². The molecule has 2 aromatic carbocycles. The maximum atomic E-state index is 11.8. The normalized spacial score (nSPS) is 10.2. The van der Waals surface area contributed by atoms with E-state index in [0.717, 1.165) is 10.0 Å². The lowest BCUT2D eigenvalue weighted by atomic mass is 10.2. The number of benzene rings is 2. The Bertz CT molecular complexity index is 614. The molecule has 0 aliphatic rings. The van der Waals surface area contributed by atoms with Gasteiger partial charge in [-0.1, -0.05) is 45.2 Å². The van der Waals surface area contributed by atoms with E-state index >= 15 is 0 Å². The van der Waals surface area contributed by atoms with E-state index in [0.29, 0.717) is 16.5 Å². The van der Waals surface area contributed by atoms with Crippen molar-refractivity contribution in [3.8, 4) is 5.75 Å². The molecule has 0 radical (unpaired) electrons. The number of carbonyl (C=O) groups is 1. The smallest absolute Gasteiger partial charge is 0.262 e. The van der Waals surface area contributed by atoms with E-state index in [1.165, 1.54) is 0 Å².